The first-order valence-corrected chi connectivity index (χ1v) is 11.3. The maximum absolute atomic E-state index is 12.4. The van der Waals surface area contributed by atoms with Crippen molar-refractivity contribution in [3.8, 4) is 0 Å². The summed E-state index contributed by atoms with van der Waals surface area (Å²) in [5, 5.41) is 5.01. The number of amides is 2. The van der Waals surface area contributed by atoms with Gasteiger partial charge in [-0.05, 0) is 25.0 Å². The van der Waals surface area contributed by atoms with Crippen LogP contribution in [-0.2, 0) is 16.0 Å². The highest BCUT2D eigenvalue weighted by Crippen LogP contribution is 2.22. The number of hydrogen-bond acceptors (Lipinski definition) is 6. The highest BCUT2D eigenvalue weighted by Gasteiger charge is 2.22. The van der Waals surface area contributed by atoms with E-state index in [1.165, 1.54) is 11.8 Å². The molecule has 2 amide bonds. The summed E-state index contributed by atoms with van der Waals surface area (Å²) < 4.78 is 0.938. The van der Waals surface area contributed by atoms with Gasteiger partial charge in [-0.2, -0.15) is 0 Å². The summed E-state index contributed by atoms with van der Waals surface area (Å²) in [6.07, 6.45) is 0.885. The molecule has 1 aliphatic heterocycles. The SMILES string of the molecule is CCc1ccccc1NC(=O)CN1CCN(C(=O)CSc2nc(C)cs2)CC1. The highest BCUT2D eigenvalue weighted by atomic mass is 32.2. The van der Waals surface area contributed by atoms with Crippen LogP contribution < -0.4 is 5.32 Å². The third-order valence-electron chi connectivity index (χ3n) is 4.68. The number of rotatable bonds is 7. The summed E-state index contributed by atoms with van der Waals surface area (Å²) in [6.45, 7) is 7.15. The molecule has 0 bridgehead atoms. The minimum atomic E-state index is -0.00429. The topological polar surface area (TPSA) is 65.5 Å². The van der Waals surface area contributed by atoms with Crippen LogP contribution in [0.3, 0.4) is 0 Å². The second-order valence-corrected chi connectivity index (χ2v) is 8.84. The van der Waals surface area contributed by atoms with Crippen molar-refractivity contribution in [2.45, 2.75) is 24.6 Å². The van der Waals surface area contributed by atoms with Crippen molar-refractivity contribution in [3.63, 3.8) is 0 Å². The third kappa shape index (κ3) is 5.80. The molecule has 1 N–H and O–H groups in total. The Labute approximate surface area is 174 Å². The summed E-state index contributed by atoms with van der Waals surface area (Å²) in [5.41, 5.74) is 3.02. The van der Waals surface area contributed by atoms with E-state index in [4.69, 9.17) is 0 Å². The smallest absolute Gasteiger partial charge is 0.238 e. The van der Waals surface area contributed by atoms with Crippen molar-refractivity contribution < 1.29 is 9.59 Å². The van der Waals surface area contributed by atoms with Gasteiger partial charge in [0.2, 0.25) is 11.8 Å². The molecule has 0 radical (unpaired) electrons. The summed E-state index contributed by atoms with van der Waals surface area (Å²) >= 11 is 3.07. The molecule has 1 saturated heterocycles. The molecule has 0 atom stereocenters. The number of para-hydroxylation sites is 1. The first kappa shape index (κ1) is 20.8. The van der Waals surface area contributed by atoms with Gasteiger partial charge in [0.25, 0.3) is 0 Å². The van der Waals surface area contributed by atoms with Gasteiger partial charge in [-0.25, -0.2) is 4.98 Å². The Morgan fingerprint density at radius 3 is 2.64 bits per heavy atom. The maximum atomic E-state index is 12.4. The molecule has 3 rings (SSSR count). The molecule has 1 aliphatic rings. The van der Waals surface area contributed by atoms with E-state index in [0.717, 1.165) is 40.8 Å². The van der Waals surface area contributed by atoms with Gasteiger partial charge in [0.15, 0.2) is 4.34 Å². The van der Waals surface area contributed by atoms with E-state index in [-0.39, 0.29) is 11.8 Å². The van der Waals surface area contributed by atoms with E-state index >= 15 is 0 Å². The van der Waals surface area contributed by atoms with Crippen LogP contribution in [0, 0.1) is 6.92 Å². The van der Waals surface area contributed by atoms with Crippen molar-refractivity contribution >= 4 is 40.6 Å². The van der Waals surface area contributed by atoms with Crippen LogP contribution >= 0.6 is 23.1 Å². The van der Waals surface area contributed by atoms with Crippen molar-refractivity contribution in [2.75, 3.05) is 43.8 Å². The Balaban J connectivity index is 1.41. The lowest BCUT2D eigenvalue weighted by Gasteiger charge is -2.34. The minimum Gasteiger partial charge on any atom is -0.339 e. The lowest BCUT2D eigenvalue weighted by atomic mass is 10.1. The molecule has 0 aliphatic carbocycles. The molecule has 0 unspecified atom stereocenters. The number of nitrogens with one attached hydrogen (secondary N) is 1. The number of piperazine rings is 1. The Morgan fingerprint density at radius 1 is 1.21 bits per heavy atom. The fourth-order valence-electron chi connectivity index (χ4n) is 3.11. The average molecular weight is 419 g/mol. The number of carbonyl (C=O) groups excluding carboxylic acids is 2. The Hall–Kier alpha value is -1.90. The van der Waals surface area contributed by atoms with Gasteiger partial charge >= 0.3 is 0 Å². The zero-order valence-electron chi connectivity index (χ0n) is 16.3. The molecule has 28 heavy (non-hydrogen) atoms. The normalized spacial score (nSPS) is 14.9. The van der Waals surface area contributed by atoms with Crippen LogP contribution in [0.2, 0.25) is 0 Å². The molecular formula is C20H26N4O2S2. The Kier molecular flexibility index (Phi) is 7.47. The Morgan fingerprint density at radius 2 is 1.96 bits per heavy atom. The first-order chi connectivity index (χ1) is 13.5. The van der Waals surface area contributed by atoms with E-state index in [0.29, 0.717) is 25.4 Å². The molecule has 150 valence electrons. The van der Waals surface area contributed by atoms with Gasteiger partial charge < -0.3 is 10.2 Å². The number of benzene rings is 1. The highest BCUT2D eigenvalue weighted by molar-refractivity contribution is 8.01. The third-order valence-corrected chi connectivity index (χ3v) is 6.81. The van der Waals surface area contributed by atoms with Crippen molar-refractivity contribution in [3.05, 3.63) is 40.9 Å². The number of aromatic nitrogens is 1. The van der Waals surface area contributed by atoms with Crippen LogP contribution in [0.4, 0.5) is 5.69 Å². The zero-order valence-corrected chi connectivity index (χ0v) is 17.9. The second-order valence-electron chi connectivity index (χ2n) is 6.76. The van der Waals surface area contributed by atoms with E-state index in [1.54, 1.807) is 11.3 Å². The lowest BCUT2D eigenvalue weighted by Crippen LogP contribution is -2.50. The van der Waals surface area contributed by atoms with Crippen molar-refractivity contribution in [1.82, 2.24) is 14.8 Å². The van der Waals surface area contributed by atoms with Crippen LogP contribution in [-0.4, -0.2) is 65.1 Å². The number of anilines is 1. The lowest BCUT2D eigenvalue weighted by molar-refractivity contribution is -0.130. The van der Waals surface area contributed by atoms with Crippen LogP contribution in [0.5, 0.6) is 0 Å². The average Bonchev–Trinajstić information content (AvgIpc) is 3.12. The van der Waals surface area contributed by atoms with Gasteiger partial charge in [-0.1, -0.05) is 36.9 Å². The predicted octanol–water partition coefficient (Wildman–Crippen LogP) is 2.89. The fourth-order valence-corrected chi connectivity index (χ4v) is 4.86. The first-order valence-electron chi connectivity index (χ1n) is 9.48. The largest absolute Gasteiger partial charge is 0.339 e. The summed E-state index contributed by atoms with van der Waals surface area (Å²) in [6, 6.07) is 7.89. The number of thiazole rings is 1. The van der Waals surface area contributed by atoms with E-state index < -0.39 is 0 Å². The van der Waals surface area contributed by atoms with Crippen LogP contribution in [0.25, 0.3) is 0 Å². The molecule has 1 fully saturated rings. The molecule has 1 aromatic carbocycles. The number of hydrogen-bond donors (Lipinski definition) is 1. The molecular weight excluding hydrogens is 392 g/mol. The number of aryl methyl sites for hydroxylation is 2. The zero-order chi connectivity index (χ0) is 19.9. The maximum Gasteiger partial charge on any atom is 0.238 e. The van der Waals surface area contributed by atoms with Gasteiger partial charge in [-0.15, -0.1) is 11.3 Å². The minimum absolute atomic E-state index is 0.00429. The Bertz CT molecular complexity index is 816. The van der Waals surface area contributed by atoms with Gasteiger partial charge in [0.05, 0.1) is 12.3 Å². The van der Waals surface area contributed by atoms with Gasteiger partial charge in [0, 0.05) is 42.9 Å². The van der Waals surface area contributed by atoms with E-state index in [9.17, 15) is 9.59 Å². The van der Waals surface area contributed by atoms with Crippen molar-refractivity contribution in [2.24, 2.45) is 0 Å². The molecule has 1 aromatic heterocycles. The summed E-state index contributed by atoms with van der Waals surface area (Å²) in [5.74, 6) is 0.551. The van der Waals surface area contributed by atoms with E-state index in [1.807, 2.05) is 41.5 Å². The van der Waals surface area contributed by atoms with Crippen LogP contribution in [0.15, 0.2) is 34.0 Å². The fraction of sp³-hybridized carbons (Fsp3) is 0.450. The second kappa shape index (κ2) is 10.0. The van der Waals surface area contributed by atoms with Gasteiger partial charge in [0.1, 0.15) is 0 Å². The standard InChI is InChI=1S/C20H26N4O2S2/c1-3-16-6-4-5-7-17(16)22-18(25)12-23-8-10-24(11-9-23)19(26)14-28-20-21-15(2)13-27-20/h4-7,13H,3,8-12,14H2,1-2H3,(H,22,25). The number of carbonyl (C=O) groups is 2. The molecule has 2 aromatic rings. The molecule has 0 saturated carbocycles. The predicted molar refractivity (Wildman–Crippen MR) is 115 cm³/mol. The molecule has 2 heterocycles. The number of nitrogens with zero attached hydrogens (tertiary/aromatic N) is 3. The molecule has 6 nitrogen and oxygen atoms in total. The molecule has 0 spiro atoms. The number of thioether (sulfide) groups is 1. The van der Waals surface area contributed by atoms with Crippen molar-refractivity contribution in [1.29, 1.82) is 0 Å². The van der Waals surface area contributed by atoms with Crippen LogP contribution in [0.1, 0.15) is 18.2 Å². The summed E-state index contributed by atoms with van der Waals surface area (Å²) in [4.78, 5) is 33.1. The van der Waals surface area contributed by atoms with E-state index in [2.05, 4.69) is 22.1 Å². The quantitative estimate of drug-likeness (QED) is 0.701. The summed E-state index contributed by atoms with van der Waals surface area (Å²) in [7, 11) is 0. The van der Waals surface area contributed by atoms with Gasteiger partial charge in [-0.3, -0.25) is 14.5 Å². The monoisotopic (exact) mass is 418 g/mol. The molecule has 8 heteroatoms.